The second-order valence-electron chi connectivity index (χ2n) is 3.09. The van der Waals surface area contributed by atoms with Crippen LogP contribution in [0.15, 0.2) is 33.2 Å². The van der Waals surface area contributed by atoms with E-state index >= 15 is 0 Å². The van der Waals surface area contributed by atoms with Gasteiger partial charge in [0.25, 0.3) is 5.22 Å². The Labute approximate surface area is 103 Å². The zero-order valence-corrected chi connectivity index (χ0v) is 10.3. The molecule has 2 rings (SSSR count). The van der Waals surface area contributed by atoms with E-state index in [-0.39, 0.29) is 0 Å². The minimum atomic E-state index is 0.370. The zero-order valence-electron chi connectivity index (χ0n) is 9.51. The molecule has 0 fully saturated rings. The molecule has 0 aliphatic carbocycles. The van der Waals surface area contributed by atoms with E-state index in [0.29, 0.717) is 17.7 Å². The van der Waals surface area contributed by atoms with E-state index in [0.717, 1.165) is 10.8 Å². The lowest BCUT2D eigenvalue weighted by Crippen LogP contribution is -2.02. The Morgan fingerprint density at radius 3 is 3.00 bits per heavy atom. The molecule has 0 aromatic carbocycles. The lowest BCUT2D eigenvalue weighted by atomic mass is 10.5. The maximum Gasteiger partial charge on any atom is 0.261 e. The molecule has 2 aromatic rings. The molecule has 0 aliphatic rings. The van der Waals surface area contributed by atoms with Crippen LogP contribution in [0.2, 0.25) is 0 Å². The van der Waals surface area contributed by atoms with Crippen molar-refractivity contribution in [2.24, 2.45) is 0 Å². The van der Waals surface area contributed by atoms with E-state index in [1.807, 2.05) is 6.07 Å². The predicted octanol–water partition coefficient (Wildman–Crippen LogP) is 1.80. The van der Waals surface area contributed by atoms with Crippen LogP contribution in [0, 0.1) is 0 Å². The Morgan fingerprint density at radius 1 is 1.47 bits per heavy atom. The molecule has 0 bridgehead atoms. The lowest BCUT2D eigenvalue weighted by Gasteiger charge is -2.05. The molecule has 0 unspecified atom stereocenters. The molecule has 1 N–H and O–H groups in total. The molecule has 7 heteroatoms. The third-order valence-corrected chi connectivity index (χ3v) is 2.67. The van der Waals surface area contributed by atoms with Crippen molar-refractivity contribution < 1.29 is 9.15 Å². The first-order valence-corrected chi connectivity index (χ1v) is 5.75. The molecule has 0 saturated heterocycles. The van der Waals surface area contributed by atoms with Gasteiger partial charge in [-0.1, -0.05) is 0 Å². The molecule has 90 valence electrons. The summed E-state index contributed by atoms with van der Waals surface area (Å²) < 4.78 is 10.2. The Balaban J connectivity index is 2.23. The summed E-state index contributed by atoms with van der Waals surface area (Å²) in [6, 6.07) is 1.83. The first-order valence-electron chi connectivity index (χ1n) is 4.94. The molecule has 0 spiro atoms. The third-order valence-electron chi connectivity index (χ3n) is 1.88. The number of rotatable bonds is 5. The van der Waals surface area contributed by atoms with Crippen molar-refractivity contribution in [3.63, 3.8) is 0 Å². The van der Waals surface area contributed by atoms with E-state index in [9.17, 15) is 0 Å². The van der Waals surface area contributed by atoms with Crippen molar-refractivity contribution in [3.05, 3.63) is 24.4 Å². The number of aromatic nitrogens is 3. The molecule has 0 aliphatic heterocycles. The Kier molecular flexibility index (Phi) is 3.94. The SMILES string of the molecule is CNc1cc(Sc2ncco2)nc(COC)n1. The number of hydrogen-bond donors (Lipinski definition) is 1. The second-order valence-corrected chi connectivity index (χ2v) is 4.06. The fourth-order valence-corrected chi connectivity index (χ4v) is 1.91. The van der Waals surface area contributed by atoms with Crippen LogP contribution < -0.4 is 5.32 Å². The summed E-state index contributed by atoms with van der Waals surface area (Å²) in [5.74, 6) is 1.36. The standard InChI is InChI=1S/C10H12N4O2S/c1-11-7-5-9(14-8(13-7)6-15-2)17-10-12-3-4-16-10/h3-5H,6H2,1-2H3,(H,11,13,14). The van der Waals surface area contributed by atoms with E-state index in [1.165, 1.54) is 18.0 Å². The minimum absolute atomic E-state index is 0.370. The highest BCUT2D eigenvalue weighted by atomic mass is 32.2. The molecule has 6 nitrogen and oxygen atoms in total. The van der Waals surface area contributed by atoms with Crippen molar-refractivity contribution in [3.8, 4) is 0 Å². The van der Waals surface area contributed by atoms with Gasteiger partial charge in [0.2, 0.25) is 0 Å². The predicted molar refractivity (Wildman–Crippen MR) is 62.9 cm³/mol. The van der Waals surface area contributed by atoms with Crippen LogP contribution >= 0.6 is 11.8 Å². The van der Waals surface area contributed by atoms with Crippen LogP contribution in [0.4, 0.5) is 5.82 Å². The van der Waals surface area contributed by atoms with E-state index < -0.39 is 0 Å². The fourth-order valence-electron chi connectivity index (χ4n) is 1.20. The first-order chi connectivity index (χ1) is 8.31. The minimum Gasteiger partial charge on any atom is -0.440 e. The van der Waals surface area contributed by atoms with E-state index in [4.69, 9.17) is 9.15 Å². The van der Waals surface area contributed by atoms with E-state index in [1.54, 1.807) is 20.4 Å². The number of ether oxygens (including phenoxy) is 1. The van der Waals surface area contributed by atoms with Gasteiger partial charge in [-0.2, -0.15) is 0 Å². The summed E-state index contributed by atoms with van der Waals surface area (Å²) >= 11 is 1.34. The number of nitrogens with one attached hydrogen (secondary N) is 1. The lowest BCUT2D eigenvalue weighted by molar-refractivity contribution is 0.177. The van der Waals surface area contributed by atoms with Gasteiger partial charge in [-0.05, 0) is 11.8 Å². The van der Waals surface area contributed by atoms with Crippen molar-refractivity contribution in [2.75, 3.05) is 19.5 Å². The Morgan fingerprint density at radius 2 is 2.35 bits per heavy atom. The van der Waals surface area contributed by atoms with Gasteiger partial charge in [-0.3, -0.25) is 0 Å². The molecule has 0 atom stereocenters. The van der Waals surface area contributed by atoms with Gasteiger partial charge in [-0.25, -0.2) is 15.0 Å². The number of methoxy groups -OCH3 is 1. The van der Waals surface area contributed by atoms with Crippen molar-refractivity contribution in [1.82, 2.24) is 15.0 Å². The second kappa shape index (κ2) is 5.65. The van der Waals surface area contributed by atoms with Gasteiger partial charge in [0, 0.05) is 20.2 Å². The molecule has 2 heterocycles. The van der Waals surface area contributed by atoms with Crippen molar-refractivity contribution in [2.45, 2.75) is 16.9 Å². The van der Waals surface area contributed by atoms with Gasteiger partial charge in [0.1, 0.15) is 23.7 Å². The summed E-state index contributed by atoms with van der Waals surface area (Å²) in [5.41, 5.74) is 0. The largest absolute Gasteiger partial charge is 0.440 e. The van der Waals surface area contributed by atoms with Crippen molar-refractivity contribution >= 4 is 17.6 Å². The number of hydrogen-bond acceptors (Lipinski definition) is 7. The average molecular weight is 252 g/mol. The summed E-state index contributed by atoms with van der Waals surface area (Å²) in [6.07, 6.45) is 3.12. The molecule has 0 amide bonds. The summed E-state index contributed by atoms with van der Waals surface area (Å²) in [5, 5.41) is 4.29. The number of oxazole rings is 1. The Hall–Kier alpha value is -1.60. The van der Waals surface area contributed by atoms with Gasteiger partial charge in [-0.15, -0.1) is 0 Å². The van der Waals surface area contributed by atoms with Crippen LogP contribution in [0.25, 0.3) is 0 Å². The van der Waals surface area contributed by atoms with E-state index in [2.05, 4.69) is 20.3 Å². The summed E-state index contributed by atoms with van der Waals surface area (Å²) in [4.78, 5) is 12.6. The topological polar surface area (TPSA) is 73.1 Å². The highest BCUT2D eigenvalue weighted by molar-refractivity contribution is 7.99. The average Bonchev–Trinajstić information content (AvgIpc) is 2.82. The van der Waals surface area contributed by atoms with Crippen LogP contribution in [0.1, 0.15) is 5.82 Å². The van der Waals surface area contributed by atoms with Crippen molar-refractivity contribution in [1.29, 1.82) is 0 Å². The van der Waals surface area contributed by atoms with Gasteiger partial charge in [0.05, 0.1) is 6.20 Å². The molecule has 0 radical (unpaired) electrons. The molecular weight excluding hydrogens is 240 g/mol. The molecule has 2 aromatic heterocycles. The highest BCUT2D eigenvalue weighted by Gasteiger charge is 2.07. The van der Waals surface area contributed by atoms with Crippen LogP contribution in [-0.4, -0.2) is 29.1 Å². The maximum absolute atomic E-state index is 5.15. The number of nitrogens with zero attached hydrogens (tertiary/aromatic N) is 3. The summed E-state index contributed by atoms with van der Waals surface area (Å²) in [6.45, 7) is 0.370. The first kappa shape index (κ1) is 11.9. The monoisotopic (exact) mass is 252 g/mol. The zero-order chi connectivity index (χ0) is 12.1. The van der Waals surface area contributed by atoms with Crippen LogP contribution in [0.3, 0.4) is 0 Å². The summed E-state index contributed by atoms with van der Waals surface area (Å²) in [7, 11) is 3.41. The maximum atomic E-state index is 5.15. The third kappa shape index (κ3) is 3.18. The molecular formula is C10H12N4O2S. The fraction of sp³-hybridized carbons (Fsp3) is 0.300. The smallest absolute Gasteiger partial charge is 0.261 e. The van der Waals surface area contributed by atoms with Gasteiger partial charge >= 0.3 is 0 Å². The van der Waals surface area contributed by atoms with Gasteiger partial charge in [0.15, 0.2) is 5.82 Å². The molecule has 17 heavy (non-hydrogen) atoms. The Bertz CT molecular complexity index is 475. The van der Waals surface area contributed by atoms with Crippen LogP contribution in [-0.2, 0) is 11.3 Å². The van der Waals surface area contributed by atoms with Gasteiger partial charge < -0.3 is 14.5 Å². The quantitative estimate of drug-likeness (QED) is 0.813. The normalized spacial score (nSPS) is 10.5. The van der Waals surface area contributed by atoms with Crippen LogP contribution in [0.5, 0.6) is 0 Å². The highest BCUT2D eigenvalue weighted by Crippen LogP contribution is 2.25. The molecule has 0 saturated carbocycles. The number of anilines is 1.